The number of anilines is 1. The highest BCUT2D eigenvalue weighted by Crippen LogP contribution is 2.28. The Morgan fingerprint density at radius 1 is 0.958 bits per heavy atom. The summed E-state index contributed by atoms with van der Waals surface area (Å²) in [6.07, 6.45) is 5.01. The summed E-state index contributed by atoms with van der Waals surface area (Å²) in [6.45, 7) is 7.58. The molecule has 3 rings (SSSR count). The first-order valence-electron chi connectivity index (χ1n) is 8.93. The lowest BCUT2D eigenvalue weighted by atomic mass is 10.1. The number of imidazole rings is 1. The third kappa shape index (κ3) is 3.30. The highest BCUT2D eigenvalue weighted by Gasteiger charge is 2.13. The number of hydrogen-bond acceptors (Lipinski definition) is 2. The largest absolute Gasteiger partial charge is 0.399 e. The predicted molar refractivity (Wildman–Crippen MR) is 103 cm³/mol. The molecule has 0 aliphatic carbocycles. The lowest BCUT2D eigenvalue weighted by Gasteiger charge is -2.10. The van der Waals surface area contributed by atoms with Gasteiger partial charge in [-0.2, -0.15) is 0 Å². The SMILES string of the molecule is CCCCCCn1c(-c2ccc(N)cc2)nc2cc(C)c(C)cc21. The molecule has 0 bridgehead atoms. The number of fused-ring (bicyclic) bond motifs is 1. The molecule has 0 amide bonds. The van der Waals surface area contributed by atoms with Crippen LogP contribution in [0.3, 0.4) is 0 Å². The van der Waals surface area contributed by atoms with Crippen LogP contribution in [0.25, 0.3) is 22.4 Å². The van der Waals surface area contributed by atoms with E-state index in [4.69, 9.17) is 10.7 Å². The minimum atomic E-state index is 0.788. The summed E-state index contributed by atoms with van der Waals surface area (Å²) < 4.78 is 2.38. The number of nitrogen functional groups attached to an aromatic ring is 1. The molecule has 126 valence electrons. The average molecular weight is 321 g/mol. The van der Waals surface area contributed by atoms with Gasteiger partial charge >= 0.3 is 0 Å². The fourth-order valence-corrected chi connectivity index (χ4v) is 3.16. The Balaban J connectivity index is 2.06. The second kappa shape index (κ2) is 7.08. The molecule has 2 N–H and O–H groups in total. The van der Waals surface area contributed by atoms with Crippen LogP contribution in [-0.4, -0.2) is 9.55 Å². The summed E-state index contributed by atoms with van der Waals surface area (Å²) in [7, 11) is 0. The molecule has 24 heavy (non-hydrogen) atoms. The van der Waals surface area contributed by atoms with Crippen LogP contribution in [-0.2, 0) is 6.54 Å². The van der Waals surface area contributed by atoms with Gasteiger partial charge in [0.05, 0.1) is 11.0 Å². The molecule has 3 nitrogen and oxygen atoms in total. The summed E-state index contributed by atoms with van der Waals surface area (Å²) in [4.78, 5) is 4.94. The third-order valence-corrected chi connectivity index (χ3v) is 4.77. The normalized spacial score (nSPS) is 11.3. The van der Waals surface area contributed by atoms with E-state index in [0.29, 0.717) is 0 Å². The molecule has 3 aromatic rings. The van der Waals surface area contributed by atoms with Gasteiger partial charge in [-0.25, -0.2) is 4.98 Å². The fraction of sp³-hybridized carbons (Fsp3) is 0.381. The van der Waals surface area contributed by atoms with Crippen molar-refractivity contribution in [2.45, 2.75) is 53.0 Å². The van der Waals surface area contributed by atoms with Crippen LogP contribution in [0.1, 0.15) is 43.7 Å². The third-order valence-electron chi connectivity index (χ3n) is 4.77. The molecule has 3 heteroatoms. The van der Waals surface area contributed by atoms with Crippen molar-refractivity contribution in [3.8, 4) is 11.4 Å². The first kappa shape index (κ1) is 16.6. The molecule has 0 aliphatic heterocycles. The lowest BCUT2D eigenvalue weighted by molar-refractivity contribution is 0.594. The van der Waals surface area contributed by atoms with Gasteiger partial charge in [0.2, 0.25) is 0 Å². The van der Waals surface area contributed by atoms with Crippen molar-refractivity contribution >= 4 is 16.7 Å². The lowest BCUT2D eigenvalue weighted by Crippen LogP contribution is -2.01. The van der Waals surface area contributed by atoms with Crippen LogP contribution in [0, 0.1) is 13.8 Å². The van der Waals surface area contributed by atoms with Gasteiger partial charge in [-0.3, -0.25) is 0 Å². The van der Waals surface area contributed by atoms with Gasteiger partial charge in [0.1, 0.15) is 5.82 Å². The van der Waals surface area contributed by atoms with Crippen molar-refractivity contribution < 1.29 is 0 Å². The summed E-state index contributed by atoms with van der Waals surface area (Å²) in [6, 6.07) is 12.5. The molecule has 0 aliphatic rings. The van der Waals surface area contributed by atoms with E-state index in [2.05, 4.69) is 49.6 Å². The summed E-state index contributed by atoms with van der Waals surface area (Å²) in [5.74, 6) is 1.05. The quantitative estimate of drug-likeness (QED) is 0.482. The van der Waals surface area contributed by atoms with Crippen molar-refractivity contribution in [2.24, 2.45) is 0 Å². The first-order chi connectivity index (χ1) is 11.6. The monoisotopic (exact) mass is 321 g/mol. The van der Waals surface area contributed by atoms with Gasteiger partial charge in [-0.05, 0) is 67.8 Å². The smallest absolute Gasteiger partial charge is 0.141 e. The second-order valence-electron chi connectivity index (χ2n) is 6.69. The van der Waals surface area contributed by atoms with Crippen LogP contribution in [0.4, 0.5) is 5.69 Å². The number of hydrogen-bond donors (Lipinski definition) is 1. The zero-order valence-corrected chi connectivity index (χ0v) is 15.0. The predicted octanol–water partition coefficient (Wildman–Crippen LogP) is 5.48. The molecule has 0 atom stereocenters. The van der Waals surface area contributed by atoms with Gasteiger partial charge in [-0.15, -0.1) is 0 Å². The van der Waals surface area contributed by atoms with E-state index in [1.807, 2.05) is 12.1 Å². The number of aromatic nitrogens is 2. The van der Waals surface area contributed by atoms with E-state index in [1.54, 1.807) is 0 Å². The maximum Gasteiger partial charge on any atom is 0.141 e. The minimum absolute atomic E-state index is 0.788. The number of nitrogens with two attached hydrogens (primary N) is 1. The Kier molecular flexibility index (Phi) is 4.89. The van der Waals surface area contributed by atoms with Crippen LogP contribution in [0.2, 0.25) is 0 Å². The number of aryl methyl sites for hydroxylation is 3. The number of nitrogens with zero attached hydrogens (tertiary/aromatic N) is 2. The van der Waals surface area contributed by atoms with Crippen molar-refractivity contribution in [3.63, 3.8) is 0 Å². The van der Waals surface area contributed by atoms with Gasteiger partial charge in [-0.1, -0.05) is 26.2 Å². The van der Waals surface area contributed by atoms with E-state index >= 15 is 0 Å². The second-order valence-corrected chi connectivity index (χ2v) is 6.69. The summed E-state index contributed by atoms with van der Waals surface area (Å²) in [5.41, 5.74) is 12.7. The van der Waals surface area contributed by atoms with E-state index in [9.17, 15) is 0 Å². The standard InChI is InChI=1S/C21H27N3/c1-4-5-6-7-12-24-20-14-16(3)15(2)13-19(20)23-21(24)17-8-10-18(22)11-9-17/h8-11,13-14H,4-7,12,22H2,1-3H3. The first-order valence-corrected chi connectivity index (χ1v) is 8.93. The molecule has 2 aromatic carbocycles. The Bertz CT molecular complexity index is 828. The maximum atomic E-state index is 5.84. The van der Waals surface area contributed by atoms with Gasteiger partial charge in [0, 0.05) is 17.8 Å². The molecule has 0 saturated carbocycles. The zero-order valence-electron chi connectivity index (χ0n) is 15.0. The fourth-order valence-electron chi connectivity index (χ4n) is 3.16. The molecule has 0 saturated heterocycles. The van der Waals surface area contributed by atoms with E-state index < -0.39 is 0 Å². The Labute approximate surface area is 144 Å². The molecular weight excluding hydrogens is 294 g/mol. The summed E-state index contributed by atoms with van der Waals surface area (Å²) in [5, 5.41) is 0. The Morgan fingerprint density at radius 2 is 1.67 bits per heavy atom. The van der Waals surface area contributed by atoms with Crippen LogP contribution in [0.15, 0.2) is 36.4 Å². The zero-order chi connectivity index (χ0) is 17.1. The number of benzene rings is 2. The molecule has 1 aromatic heterocycles. The maximum absolute atomic E-state index is 5.84. The van der Waals surface area contributed by atoms with Crippen molar-refractivity contribution in [1.29, 1.82) is 0 Å². The summed E-state index contributed by atoms with van der Waals surface area (Å²) >= 11 is 0. The van der Waals surface area contributed by atoms with E-state index in [-0.39, 0.29) is 0 Å². The molecule has 0 unspecified atom stereocenters. The van der Waals surface area contributed by atoms with Gasteiger partial charge in [0.25, 0.3) is 0 Å². The van der Waals surface area contributed by atoms with Crippen LogP contribution >= 0.6 is 0 Å². The van der Waals surface area contributed by atoms with Gasteiger partial charge < -0.3 is 10.3 Å². The van der Waals surface area contributed by atoms with Crippen molar-refractivity contribution in [2.75, 3.05) is 5.73 Å². The molecule has 0 spiro atoms. The molecule has 0 fully saturated rings. The molecule has 1 heterocycles. The number of unbranched alkanes of at least 4 members (excludes halogenated alkanes) is 3. The molecule has 0 radical (unpaired) electrons. The van der Waals surface area contributed by atoms with Crippen LogP contribution < -0.4 is 5.73 Å². The Morgan fingerprint density at radius 3 is 2.38 bits per heavy atom. The number of rotatable bonds is 6. The average Bonchev–Trinajstić information content (AvgIpc) is 2.90. The van der Waals surface area contributed by atoms with Gasteiger partial charge in [0.15, 0.2) is 0 Å². The van der Waals surface area contributed by atoms with Crippen molar-refractivity contribution in [3.05, 3.63) is 47.5 Å². The topological polar surface area (TPSA) is 43.8 Å². The highest BCUT2D eigenvalue weighted by atomic mass is 15.1. The van der Waals surface area contributed by atoms with E-state index in [0.717, 1.165) is 29.1 Å². The highest BCUT2D eigenvalue weighted by molar-refractivity contribution is 5.82. The van der Waals surface area contributed by atoms with Crippen molar-refractivity contribution in [1.82, 2.24) is 9.55 Å². The van der Waals surface area contributed by atoms with E-state index in [1.165, 1.54) is 42.3 Å². The Hall–Kier alpha value is -2.29. The molecular formula is C21H27N3. The minimum Gasteiger partial charge on any atom is -0.399 e. The van der Waals surface area contributed by atoms with Crippen LogP contribution in [0.5, 0.6) is 0 Å².